The van der Waals surface area contributed by atoms with Crippen molar-refractivity contribution in [1.82, 2.24) is 10.6 Å². The third kappa shape index (κ3) is 4.08. The Morgan fingerprint density at radius 1 is 1.50 bits per heavy atom. The molecule has 1 aliphatic heterocycles. The summed E-state index contributed by atoms with van der Waals surface area (Å²) in [6, 6.07) is 8.47. The number of hydrogen-bond acceptors (Lipinski definition) is 3. The van der Waals surface area contributed by atoms with E-state index in [9.17, 15) is 0 Å². The van der Waals surface area contributed by atoms with Gasteiger partial charge in [-0.1, -0.05) is 18.1 Å². The lowest BCUT2D eigenvalue weighted by Gasteiger charge is -2.22. The Morgan fingerprint density at radius 2 is 2.32 bits per heavy atom. The van der Waals surface area contributed by atoms with E-state index in [0.29, 0.717) is 12.6 Å². The van der Waals surface area contributed by atoms with Crippen LogP contribution in [0.25, 0.3) is 0 Å². The van der Waals surface area contributed by atoms with E-state index in [4.69, 9.17) is 11.2 Å². The largest absolute Gasteiger partial charge is 0.495 e. The van der Waals surface area contributed by atoms with Crippen molar-refractivity contribution in [3.63, 3.8) is 0 Å². The lowest BCUT2D eigenvalue weighted by molar-refractivity contribution is 0.415. The van der Waals surface area contributed by atoms with E-state index in [-0.39, 0.29) is 0 Å². The minimum atomic E-state index is 0.348. The van der Waals surface area contributed by atoms with Crippen LogP contribution in [0.2, 0.25) is 0 Å². The highest BCUT2D eigenvalue weighted by atomic mass is 16.5. The second-order valence-corrected chi connectivity index (χ2v) is 5.15. The molecule has 2 N–H and O–H groups in total. The van der Waals surface area contributed by atoms with Crippen LogP contribution in [0, 0.1) is 12.3 Å². The summed E-state index contributed by atoms with van der Waals surface area (Å²) < 4.78 is 5.45. The monoisotopic (exact) mass is 300 g/mol. The summed E-state index contributed by atoms with van der Waals surface area (Å²) >= 11 is 0. The first kappa shape index (κ1) is 16.0. The molecular formula is C17H24N4O. The van der Waals surface area contributed by atoms with Gasteiger partial charge in [-0.05, 0) is 25.5 Å². The highest BCUT2D eigenvalue weighted by molar-refractivity contribution is 5.80. The fourth-order valence-electron chi connectivity index (χ4n) is 2.63. The number of guanidine groups is 1. The molecule has 1 aromatic carbocycles. The molecule has 1 fully saturated rings. The Bertz CT molecular complexity index is 550. The maximum atomic E-state index is 5.45. The molecule has 1 unspecified atom stereocenters. The third-order valence-corrected chi connectivity index (χ3v) is 3.63. The topological polar surface area (TPSA) is 48.9 Å². The van der Waals surface area contributed by atoms with Crippen molar-refractivity contribution in [2.45, 2.75) is 19.4 Å². The van der Waals surface area contributed by atoms with Crippen LogP contribution in [0.15, 0.2) is 29.3 Å². The molecule has 1 aliphatic rings. The number of hydrogen-bond donors (Lipinski definition) is 2. The fraction of sp³-hybridized carbons (Fsp3) is 0.471. The van der Waals surface area contributed by atoms with Crippen LogP contribution in [0.1, 0.15) is 13.3 Å². The van der Waals surface area contributed by atoms with Crippen LogP contribution in [0.3, 0.4) is 0 Å². The maximum absolute atomic E-state index is 5.45. The van der Waals surface area contributed by atoms with Crippen LogP contribution in [0.5, 0.6) is 5.75 Å². The molecule has 1 aromatic rings. The molecule has 0 amide bonds. The zero-order chi connectivity index (χ0) is 15.8. The van der Waals surface area contributed by atoms with E-state index in [2.05, 4.69) is 32.5 Å². The van der Waals surface area contributed by atoms with Gasteiger partial charge in [0.25, 0.3) is 0 Å². The molecule has 5 nitrogen and oxygen atoms in total. The molecule has 0 aliphatic carbocycles. The number of rotatable bonds is 5. The first-order valence-electron chi connectivity index (χ1n) is 7.64. The molecule has 2 rings (SSSR count). The number of benzene rings is 1. The SMILES string of the molecule is C#CCN=C(NCC)NC1CCN(c2ccccc2OC)C1. The number of aliphatic imine (C=N–C) groups is 1. The van der Waals surface area contributed by atoms with Crippen molar-refractivity contribution >= 4 is 11.6 Å². The first-order chi connectivity index (χ1) is 10.8. The molecular weight excluding hydrogens is 276 g/mol. The Kier molecular flexibility index (Phi) is 5.96. The number of nitrogens with zero attached hydrogens (tertiary/aromatic N) is 2. The van der Waals surface area contributed by atoms with Crippen LogP contribution in [0.4, 0.5) is 5.69 Å². The van der Waals surface area contributed by atoms with Gasteiger partial charge in [-0.15, -0.1) is 6.42 Å². The molecule has 0 spiro atoms. The van der Waals surface area contributed by atoms with Gasteiger partial charge in [-0.3, -0.25) is 0 Å². The predicted octanol–water partition coefficient (Wildman–Crippen LogP) is 1.46. The summed E-state index contributed by atoms with van der Waals surface area (Å²) in [6.07, 6.45) is 6.33. The van der Waals surface area contributed by atoms with E-state index in [1.54, 1.807) is 7.11 Å². The fourth-order valence-corrected chi connectivity index (χ4v) is 2.63. The van der Waals surface area contributed by atoms with E-state index in [1.165, 1.54) is 0 Å². The molecule has 118 valence electrons. The van der Waals surface area contributed by atoms with Crippen molar-refractivity contribution in [3.05, 3.63) is 24.3 Å². The van der Waals surface area contributed by atoms with Gasteiger partial charge < -0.3 is 20.3 Å². The number of nitrogens with one attached hydrogen (secondary N) is 2. The number of anilines is 1. The normalized spacial score (nSPS) is 18.0. The van der Waals surface area contributed by atoms with Crippen molar-refractivity contribution in [3.8, 4) is 18.1 Å². The van der Waals surface area contributed by atoms with Crippen LogP contribution in [-0.4, -0.2) is 45.3 Å². The Balaban J connectivity index is 1.99. The number of methoxy groups -OCH3 is 1. The molecule has 0 bridgehead atoms. The van der Waals surface area contributed by atoms with Gasteiger partial charge in [0, 0.05) is 25.7 Å². The van der Waals surface area contributed by atoms with Crippen molar-refractivity contribution in [2.75, 3.05) is 38.2 Å². The predicted molar refractivity (Wildman–Crippen MR) is 91.6 cm³/mol. The molecule has 1 heterocycles. The van der Waals surface area contributed by atoms with Crippen LogP contribution >= 0.6 is 0 Å². The highest BCUT2D eigenvalue weighted by Crippen LogP contribution is 2.30. The van der Waals surface area contributed by atoms with Gasteiger partial charge in [0.15, 0.2) is 5.96 Å². The summed E-state index contributed by atoms with van der Waals surface area (Å²) in [5.41, 5.74) is 1.14. The Morgan fingerprint density at radius 3 is 3.05 bits per heavy atom. The smallest absolute Gasteiger partial charge is 0.192 e. The third-order valence-electron chi connectivity index (χ3n) is 3.63. The van der Waals surface area contributed by atoms with Crippen LogP contribution in [-0.2, 0) is 0 Å². The average molecular weight is 300 g/mol. The maximum Gasteiger partial charge on any atom is 0.192 e. The molecule has 22 heavy (non-hydrogen) atoms. The van der Waals surface area contributed by atoms with Gasteiger partial charge in [-0.25, -0.2) is 4.99 Å². The zero-order valence-electron chi connectivity index (χ0n) is 13.3. The number of para-hydroxylation sites is 2. The van der Waals surface area contributed by atoms with Crippen LogP contribution < -0.4 is 20.3 Å². The molecule has 5 heteroatoms. The van der Waals surface area contributed by atoms with E-state index in [1.807, 2.05) is 25.1 Å². The molecule has 1 atom stereocenters. The molecule has 0 radical (unpaired) electrons. The Labute approximate surface area is 132 Å². The summed E-state index contributed by atoms with van der Waals surface area (Å²) in [5.74, 6) is 4.23. The van der Waals surface area contributed by atoms with Gasteiger partial charge in [0.2, 0.25) is 0 Å². The van der Waals surface area contributed by atoms with Crippen molar-refractivity contribution < 1.29 is 4.74 Å². The highest BCUT2D eigenvalue weighted by Gasteiger charge is 2.25. The summed E-state index contributed by atoms with van der Waals surface area (Å²) in [6.45, 7) is 5.16. The molecule has 0 aromatic heterocycles. The van der Waals surface area contributed by atoms with Gasteiger partial charge >= 0.3 is 0 Å². The minimum absolute atomic E-state index is 0.348. The lowest BCUT2D eigenvalue weighted by atomic mass is 10.2. The summed E-state index contributed by atoms with van der Waals surface area (Å²) in [5, 5.41) is 6.67. The average Bonchev–Trinajstić information content (AvgIpc) is 3.01. The lowest BCUT2D eigenvalue weighted by Crippen LogP contribution is -2.44. The van der Waals surface area contributed by atoms with Crippen molar-refractivity contribution in [1.29, 1.82) is 0 Å². The van der Waals surface area contributed by atoms with E-state index < -0.39 is 0 Å². The Hall–Kier alpha value is -2.35. The van der Waals surface area contributed by atoms with Crippen molar-refractivity contribution in [2.24, 2.45) is 4.99 Å². The van der Waals surface area contributed by atoms with E-state index >= 15 is 0 Å². The van der Waals surface area contributed by atoms with Gasteiger partial charge in [-0.2, -0.15) is 0 Å². The number of terminal acetylenes is 1. The number of ether oxygens (including phenoxy) is 1. The molecule has 0 saturated carbocycles. The van der Waals surface area contributed by atoms with E-state index in [0.717, 1.165) is 43.5 Å². The standard InChI is InChI=1S/C17H24N4O/c1-4-11-19-17(18-5-2)20-14-10-12-21(13-14)15-8-6-7-9-16(15)22-3/h1,6-9,14H,5,10-13H2,2-3H3,(H2,18,19,20). The second kappa shape index (κ2) is 8.18. The van der Waals surface area contributed by atoms with Gasteiger partial charge in [0.05, 0.1) is 12.8 Å². The quantitative estimate of drug-likeness (QED) is 0.491. The zero-order valence-corrected chi connectivity index (χ0v) is 13.3. The summed E-state index contributed by atoms with van der Waals surface area (Å²) in [7, 11) is 1.71. The second-order valence-electron chi connectivity index (χ2n) is 5.15. The van der Waals surface area contributed by atoms with Gasteiger partial charge in [0.1, 0.15) is 12.3 Å². The molecule has 1 saturated heterocycles. The minimum Gasteiger partial charge on any atom is -0.495 e. The first-order valence-corrected chi connectivity index (χ1v) is 7.64. The summed E-state index contributed by atoms with van der Waals surface area (Å²) in [4.78, 5) is 6.68.